The Balaban J connectivity index is 1.91. The number of likely N-dealkylation sites (N-methyl/N-ethyl adjacent to an activating group) is 1. The molecule has 2 aromatic rings. The number of hydrogen-bond acceptors (Lipinski definition) is 2. The van der Waals surface area contributed by atoms with Crippen molar-refractivity contribution in [2.45, 2.75) is 6.42 Å². The number of hydrogen-bond donors (Lipinski definition) is 0. The molecule has 106 valence electrons. The molecule has 0 N–H and O–H groups in total. The Morgan fingerprint density at radius 3 is 2.86 bits per heavy atom. The zero-order valence-electron chi connectivity index (χ0n) is 11.7. The summed E-state index contributed by atoms with van der Waals surface area (Å²) in [6.07, 6.45) is 2.46. The molecule has 0 saturated carbocycles. The van der Waals surface area contributed by atoms with Crippen LogP contribution in [0.3, 0.4) is 0 Å². The van der Waals surface area contributed by atoms with Crippen molar-refractivity contribution < 1.29 is 4.79 Å². The van der Waals surface area contributed by atoms with E-state index in [4.69, 9.17) is 11.6 Å². The Bertz CT molecular complexity index is 674. The van der Waals surface area contributed by atoms with E-state index >= 15 is 0 Å². The van der Waals surface area contributed by atoms with Crippen LogP contribution in [0, 0.1) is 11.8 Å². The predicted molar refractivity (Wildman–Crippen MR) is 83.9 cm³/mol. The summed E-state index contributed by atoms with van der Waals surface area (Å²) in [5.74, 6) is 5.23. The highest BCUT2D eigenvalue weighted by molar-refractivity contribution is 6.30. The van der Waals surface area contributed by atoms with E-state index in [1.807, 2.05) is 30.3 Å². The van der Waals surface area contributed by atoms with Crippen molar-refractivity contribution in [1.82, 2.24) is 9.88 Å². The van der Waals surface area contributed by atoms with Gasteiger partial charge in [0.05, 0.1) is 0 Å². The Morgan fingerprint density at radius 1 is 1.29 bits per heavy atom. The molecule has 0 unspecified atom stereocenters. The SMILES string of the molecule is CN(CCc1ccccn1)C(=O)C#Cc1cccc(Cl)c1. The van der Waals surface area contributed by atoms with E-state index in [9.17, 15) is 4.79 Å². The summed E-state index contributed by atoms with van der Waals surface area (Å²) in [6.45, 7) is 0.583. The predicted octanol–water partition coefficient (Wildman–Crippen LogP) is 2.79. The Hall–Kier alpha value is -2.31. The zero-order valence-corrected chi connectivity index (χ0v) is 12.5. The monoisotopic (exact) mass is 298 g/mol. The lowest BCUT2D eigenvalue weighted by molar-refractivity contribution is -0.123. The lowest BCUT2D eigenvalue weighted by atomic mass is 10.2. The molecule has 21 heavy (non-hydrogen) atoms. The highest BCUT2D eigenvalue weighted by atomic mass is 35.5. The first-order valence-electron chi connectivity index (χ1n) is 6.58. The number of nitrogens with zero attached hydrogens (tertiary/aromatic N) is 2. The van der Waals surface area contributed by atoms with E-state index in [0.29, 0.717) is 18.0 Å². The van der Waals surface area contributed by atoms with Gasteiger partial charge in [0.25, 0.3) is 5.91 Å². The van der Waals surface area contributed by atoms with Crippen LogP contribution in [0.15, 0.2) is 48.7 Å². The molecule has 1 aromatic carbocycles. The number of carbonyl (C=O) groups excluding carboxylic acids is 1. The molecule has 4 heteroatoms. The number of rotatable bonds is 3. The number of benzene rings is 1. The van der Waals surface area contributed by atoms with Crippen LogP contribution < -0.4 is 0 Å². The summed E-state index contributed by atoms with van der Waals surface area (Å²) in [6, 6.07) is 12.9. The number of halogens is 1. The normalized spacial score (nSPS) is 9.62. The summed E-state index contributed by atoms with van der Waals surface area (Å²) in [5.41, 5.74) is 1.69. The third-order valence-electron chi connectivity index (χ3n) is 2.91. The third-order valence-corrected chi connectivity index (χ3v) is 3.15. The van der Waals surface area contributed by atoms with Crippen LogP contribution in [0.5, 0.6) is 0 Å². The van der Waals surface area contributed by atoms with Gasteiger partial charge in [0.1, 0.15) is 0 Å². The molecule has 1 aromatic heterocycles. The van der Waals surface area contributed by atoms with Gasteiger partial charge < -0.3 is 4.90 Å². The van der Waals surface area contributed by atoms with Gasteiger partial charge in [0.15, 0.2) is 0 Å². The molecule has 0 aliphatic rings. The maximum absolute atomic E-state index is 11.9. The molecule has 1 heterocycles. The van der Waals surface area contributed by atoms with Crippen molar-refractivity contribution in [3.8, 4) is 11.8 Å². The van der Waals surface area contributed by atoms with Gasteiger partial charge in [0, 0.05) is 48.4 Å². The fourth-order valence-electron chi connectivity index (χ4n) is 1.72. The Kier molecular flexibility index (Phi) is 5.36. The molecule has 0 spiro atoms. The van der Waals surface area contributed by atoms with Crippen LogP contribution in [0.2, 0.25) is 5.02 Å². The van der Waals surface area contributed by atoms with Gasteiger partial charge >= 0.3 is 0 Å². The molecule has 0 radical (unpaired) electrons. The van der Waals surface area contributed by atoms with Crippen LogP contribution in [0.1, 0.15) is 11.3 Å². The Labute approximate surface area is 129 Å². The fraction of sp³-hybridized carbons (Fsp3) is 0.176. The quantitative estimate of drug-likeness (QED) is 0.816. The van der Waals surface area contributed by atoms with Crippen LogP contribution in [0.25, 0.3) is 0 Å². The first kappa shape index (κ1) is 15.1. The number of carbonyl (C=O) groups is 1. The highest BCUT2D eigenvalue weighted by Gasteiger charge is 2.05. The first-order valence-corrected chi connectivity index (χ1v) is 6.95. The smallest absolute Gasteiger partial charge is 0.298 e. The molecule has 0 aliphatic carbocycles. The average molecular weight is 299 g/mol. The minimum absolute atomic E-state index is 0.217. The van der Waals surface area contributed by atoms with Crippen molar-refractivity contribution in [2.75, 3.05) is 13.6 Å². The fourth-order valence-corrected chi connectivity index (χ4v) is 1.91. The summed E-state index contributed by atoms with van der Waals surface area (Å²) >= 11 is 5.87. The van der Waals surface area contributed by atoms with Crippen LogP contribution in [-0.2, 0) is 11.2 Å². The van der Waals surface area contributed by atoms with Crippen molar-refractivity contribution in [3.05, 3.63) is 64.9 Å². The second kappa shape index (κ2) is 7.47. The topological polar surface area (TPSA) is 33.2 Å². The second-order valence-electron chi connectivity index (χ2n) is 4.56. The van der Waals surface area contributed by atoms with Crippen LogP contribution in [0.4, 0.5) is 0 Å². The zero-order chi connectivity index (χ0) is 15.1. The van der Waals surface area contributed by atoms with Crippen LogP contribution in [-0.4, -0.2) is 29.4 Å². The summed E-state index contributed by atoms with van der Waals surface area (Å²) in [7, 11) is 1.73. The minimum atomic E-state index is -0.217. The standard InChI is InChI=1S/C17H15ClN2O/c1-20(12-10-16-7-2-3-11-19-16)17(21)9-8-14-5-4-6-15(18)13-14/h2-7,11,13H,10,12H2,1H3. The van der Waals surface area contributed by atoms with Gasteiger partial charge in [-0.25, -0.2) is 0 Å². The first-order chi connectivity index (χ1) is 10.1. The molecule has 1 amide bonds. The summed E-state index contributed by atoms with van der Waals surface area (Å²) in [5, 5.41) is 0.609. The molecule has 0 saturated heterocycles. The summed E-state index contributed by atoms with van der Waals surface area (Å²) in [4.78, 5) is 17.7. The van der Waals surface area contributed by atoms with Crippen molar-refractivity contribution >= 4 is 17.5 Å². The Morgan fingerprint density at radius 2 is 2.14 bits per heavy atom. The lowest BCUT2D eigenvalue weighted by Crippen LogP contribution is -2.27. The van der Waals surface area contributed by atoms with E-state index in [1.54, 1.807) is 30.3 Å². The molecular weight excluding hydrogens is 284 g/mol. The summed E-state index contributed by atoms with van der Waals surface area (Å²) < 4.78 is 0. The third kappa shape index (κ3) is 4.94. The minimum Gasteiger partial charge on any atom is -0.335 e. The molecule has 0 bridgehead atoms. The highest BCUT2D eigenvalue weighted by Crippen LogP contribution is 2.09. The molecule has 0 aliphatic heterocycles. The van der Waals surface area contributed by atoms with Gasteiger partial charge in [-0.1, -0.05) is 29.7 Å². The average Bonchev–Trinajstić information content (AvgIpc) is 2.51. The maximum Gasteiger partial charge on any atom is 0.298 e. The molecule has 0 atom stereocenters. The van der Waals surface area contributed by atoms with E-state index in [2.05, 4.69) is 16.8 Å². The molecule has 3 nitrogen and oxygen atoms in total. The number of amides is 1. The largest absolute Gasteiger partial charge is 0.335 e. The van der Waals surface area contributed by atoms with Crippen molar-refractivity contribution in [3.63, 3.8) is 0 Å². The maximum atomic E-state index is 11.9. The molecule has 0 fully saturated rings. The van der Waals surface area contributed by atoms with Gasteiger partial charge in [-0.3, -0.25) is 9.78 Å². The molecular formula is C17H15ClN2O. The van der Waals surface area contributed by atoms with E-state index in [0.717, 1.165) is 11.3 Å². The van der Waals surface area contributed by atoms with Gasteiger partial charge in [-0.05, 0) is 30.3 Å². The second-order valence-corrected chi connectivity index (χ2v) is 4.99. The molecule has 2 rings (SSSR count). The van der Waals surface area contributed by atoms with Crippen molar-refractivity contribution in [1.29, 1.82) is 0 Å². The van der Waals surface area contributed by atoms with Crippen LogP contribution >= 0.6 is 11.6 Å². The number of aromatic nitrogens is 1. The van der Waals surface area contributed by atoms with Crippen molar-refractivity contribution in [2.24, 2.45) is 0 Å². The van der Waals surface area contributed by atoms with E-state index in [-0.39, 0.29) is 5.91 Å². The van der Waals surface area contributed by atoms with Gasteiger partial charge in [0.2, 0.25) is 0 Å². The van der Waals surface area contributed by atoms with Gasteiger partial charge in [-0.2, -0.15) is 0 Å². The van der Waals surface area contributed by atoms with E-state index in [1.165, 1.54) is 0 Å². The van der Waals surface area contributed by atoms with Gasteiger partial charge in [-0.15, -0.1) is 0 Å². The van der Waals surface area contributed by atoms with E-state index < -0.39 is 0 Å². The number of pyridine rings is 1. The lowest BCUT2D eigenvalue weighted by Gasteiger charge is -2.12.